The maximum absolute atomic E-state index is 12.8. The second kappa shape index (κ2) is 7.21. The first kappa shape index (κ1) is 17.8. The van der Waals surface area contributed by atoms with E-state index in [4.69, 9.17) is 4.74 Å². The molecule has 2 heterocycles. The van der Waals surface area contributed by atoms with Crippen LogP contribution in [0.15, 0.2) is 48.5 Å². The van der Waals surface area contributed by atoms with E-state index in [0.717, 1.165) is 23.3 Å². The van der Waals surface area contributed by atoms with Gasteiger partial charge < -0.3 is 14.7 Å². The average Bonchev–Trinajstić information content (AvgIpc) is 3.20. The lowest BCUT2D eigenvalue weighted by Gasteiger charge is -2.29. The van der Waals surface area contributed by atoms with Crippen LogP contribution in [0, 0.1) is 5.92 Å². The van der Waals surface area contributed by atoms with Crippen LogP contribution < -0.4 is 15.6 Å². The van der Waals surface area contributed by atoms with Crippen molar-refractivity contribution in [2.45, 2.75) is 31.5 Å². The lowest BCUT2D eigenvalue weighted by Crippen LogP contribution is -2.39. The van der Waals surface area contributed by atoms with Gasteiger partial charge in [0.25, 0.3) is 0 Å². The maximum atomic E-state index is 12.8. The summed E-state index contributed by atoms with van der Waals surface area (Å²) in [6.07, 6.45) is 0.944. The largest absolute Gasteiger partial charge is 0.508 e. The van der Waals surface area contributed by atoms with E-state index in [1.165, 1.54) is 0 Å². The zero-order valence-electron chi connectivity index (χ0n) is 15.6. The molecule has 3 N–H and O–H groups in total. The molecule has 0 aromatic heterocycles. The van der Waals surface area contributed by atoms with Gasteiger partial charge in [0.05, 0.1) is 18.7 Å². The number of rotatable bonds is 5. The van der Waals surface area contributed by atoms with Gasteiger partial charge in [-0.25, -0.2) is 10.9 Å². The van der Waals surface area contributed by atoms with Gasteiger partial charge in [-0.15, -0.1) is 0 Å². The lowest BCUT2D eigenvalue weighted by atomic mass is 9.83. The summed E-state index contributed by atoms with van der Waals surface area (Å²) >= 11 is 0. The minimum absolute atomic E-state index is 0.0442. The molecular formula is C21H25N3O3. The number of phenolic OH excluding ortho intramolecular Hbond substituents is 1. The quantitative estimate of drug-likeness (QED) is 0.757. The Labute approximate surface area is 159 Å². The third-order valence-corrected chi connectivity index (χ3v) is 5.50. The molecule has 0 bridgehead atoms. The molecule has 2 aliphatic rings. The predicted molar refractivity (Wildman–Crippen MR) is 102 cm³/mol. The fourth-order valence-corrected chi connectivity index (χ4v) is 4.26. The van der Waals surface area contributed by atoms with Crippen molar-refractivity contribution in [3.8, 4) is 11.5 Å². The minimum atomic E-state index is -0.329. The highest BCUT2D eigenvalue weighted by atomic mass is 16.5. The first-order chi connectivity index (χ1) is 13.1. The van der Waals surface area contributed by atoms with Crippen molar-refractivity contribution in [1.82, 2.24) is 15.8 Å². The zero-order chi connectivity index (χ0) is 19.0. The monoisotopic (exact) mass is 367 g/mol. The van der Waals surface area contributed by atoms with Crippen molar-refractivity contribution in [2.24, 2.45) is 5.92 Å². The number of benzene rings is 2. The van der Waals surface area contributed by atoms with Gasteiger partial charge in [0.2, 0.25) is 5.91 Å². The van der Waals surface area contributed by atoms with Crippen LogP contribution in [0.1, 0.15) is 36.6 Å². The van der Waals surface area contributed by atoms with Crippen molar-refractivity contribution in [2.75, 3.05) is 13.7 Å². The number of likely N-dealkylation sites (tertiary alicyclic amines) is 1. The number of nitrogens with zero attached hydrogens (tertiary/aromatic N) is 1. The van der Waals surface area contributed by atoms with Crippen molar-refractivity contribution < 1.29 is 14.6 Å². The van der Waals surface area contributed by atoms with Gasteiger partial charge >= 0.3 is 0 Å². The van der Waals surface area contributed by atoms with Gasteiger partial charge in [0.1, 0.15) is 17.5 Å². The van der Waals surface area contributed by atoms with E-state index in [-0.39, 0.29) is 35.7 Å². The third-order valence-electron chi connectivity index (χ3n) is 5.50. The highest BCUT2D eigenvalue weighted by Gasteiger charge is 2.54. The van der Waals surface area contributed by atoms with Crippen LogP contribution >= 0.6 is 0 Å². The van der Waals surface area contributed by atoms with E-state index >= 15 is 0 Å². The van der Waals surface area contributed by atoms with Gasteiger partial charge in [-0.2, -0.15) is 0 Å². The van der Waals surface area contributed by atoms with Gasteiger partial charge in [0.15, 0.2) is 0 Å². The average molecular weight is 367 g/mol. The summed E-state index contributed by atoms with van der Waals surface area (Å²) in [5, 5.41) is 10.3. The topological polar surface area (TPSA) is 73.8 Å². The number of hydrazine groups is 1. The molecule has 2 aromatic rings. The molecule has 2 fully saturated rings. The van der Waals surface area contributed by atoms with Crippen LogP contribution in [0.3, 0.4) is 0 Å². The number of hydrogen-bond donors (Lipinski definition) is 3. The highest BCUT2D eigenvalue weighted by molar-refractivity contribution is 5.86. The normalized spacial score (nSPS) is 27.0. The Morgan fingerprint density at radius 2 is 1.89 bits per heavy atom. The Hall–Kier alpha value is -2.57. The number of hydrogen-bond acceptors (Lipinski definition) is 5. The predicted octanol–water partition coefficient (Wildman–Crippen LogP) is 2.53. The van der Waals surface area contributed by atoms with Gasteiger partial charge in [-0.05, 0) is 30.2 Å². The van der Waals surface area contributed by atoms with E-state index in [2.05, 4.69) is 17.8 Å². The van der Waals surface area contributed by atoms with Crippen LogP contribution in [-0.4, -0.2) is 35.6 Å². The molecule has 6 heteroatoms. The van der Waals surface area contributed by atoms with Crippen LogP contribution in [0.2, 0.25) is 0 Å². The van der Waals surface area contributed by atoms with E-state index in [0.29, 0.717) is 6.61 Å². The molecule has 142 valence electrons. The number of fused-ring (bicyclic) bond motifs is 1. The molecule has 0 aliphatic carbocycles. The maximum Gasteiger partial charge on any atom is 0.241 e. The van der Waals surface area contributed by atoms with Crippen LogP contribution in [0.5, 0.6) is 11.5 Å². The van der Waals surface area contributed by atoms with E-state index in [1.54, 1.807) is 17.0 Å². The summed E-state index contributed by atoms with van der Waals surface area (Å²) in [5.74, 6) is 1.06. The molecule has 0 spiro atoms. The van der Waals surface area contributed by atoms with Crippen LogP contribution in [-0.2, 0) is 4.79 Å². The molecule has 6 nitrogen and oxygen atoms in total. The molecular weight excluding hydrogens is 342 g/mol. The molecule has 27 heavy (non-hydrogen) atoms. The number of nitrogens with one attached hydrogen (secondary N) is 2. The number of carbonyl (C=O) groups excluding carboxylic acids is 1. The first-order valence-corrected chi connectivity index (χ1v) is 9.40. The molecule has 2 saturated heterocycles. The second-order valence-electron chi connectivity index (χ2n) is 7.20. The van der Waals surface area contributed by atoms with Gasteiger partial charge in [-0.3, -0.25) is 4.79 Å². The first-order valence-electron chi connectivity index (χ1n) is 9.40. The fraction of sp³-hybridized carbons (Fsp3) is 0.381. The lowest BCUT2D eigenvalue weighted by molar-refractivity contribution is -0.129. The summed E-state index contributed by atoms with van der Waals surface area (Å²) in [5.41, 5.74) is 8.20. The Morgan fingerprint density at radius 1 is 1.11 bits per heavy atom. The van der Waals surface area contributed by atoms with Crippen molar-refractivity contribution >= 4 is 5.91 Å². The number of para-hydroxylation sites is 1. The molecule has 2 aromatic carbocycles. The molecule has 4 atom stereocenters. The highest BCUT2D eigenvalue weighted by Crippen LogP contribution is 2.48. The molecule has 4 rings (SSSR count). The Morgan fingerprint density at radius 3 is 2.67 bits per heavy atom. The molecule has 2 aliphatic heterocycles. The number of likely N-dealkylation sites (N-methyl/N-ethyl adjacent to an activating group) is 1. The van der Waals surface area contributed by atoms with Gasteiger partial charge in [-0.1, -0.05) is 37.3 Å². The number of amides is 1. The van der Waals surface area contributed by atoms with Crippen molar-refractivity contribution in [1.29, 1.82) is 0 Å². The van der Waals surface area contributed by atoms with Crippen LogP contribution in [0.4, 0.5) is 0 Å². The Bertz CT molecular complexity index is 841. The van der Waals surface area contributed by atoms with Gasteiger partial charge in [0, 0.05) is 18.5 Å². The fourth-order valence-electron chi connectivity index (χ4n) is 4.26. The van der Waals surface area contributed by atoms with Crippen molar-refractivity contribution in [3.05, 3.63) is 59.7 Å². The SMILES string of the molecule is CCCOc1cccc(C2C3C(NNC3c3ccccc3O)C(=O)N2C)c1. The summed E-state index contributed by atoms with van der Waals surface area (Å²) < 4.78 is 5.78. The Balaban J connectivity index is 1.71. The molecule has 0 saturated carbocycles. The Kier molecular flexibility index (Phi) is 4.76. The summed E-state index contributed by atoms with van der Waals surface area (Å²) in [4.78, 5) is 14.6. The molecule has 4 unspecified atom stereocenters. The molecule has 1 amide bonds. The third kappa shape index (κ3) is 3.05. The van der Waals surface area contributed by atoms with E-state index < -0.39 is 0 Å². The number of ether oxygens (including phenoxy) is 1. The minimum Gasteiger partial charge on any atom is -0.508 e. The smallest absolute Gasteiger partial charge is 0.241 e. The number of carbonyl (C=O) groups is 1. The number of aromatic hydroxyl groups is 1. The summed E-state index contributed by atoms with van der Waals surface area (Å²) in [6.45, 7) is 2.74. The summed E-state index contributed by atoms with van der Waals surface area (Å²) in [7, 11) is 1.84. The zero-order valence-corrected chi connectivity index (χ0v) is 15.6. The summed E-state index contributed by atoms with van der Waals surface area (Å²) in [6, 6.07) is 14.6. The second-order valence-corrected chi connectivity index (χ2v) is 7.20. The number of phenols is 1. The standard InChI is InChI=1S/C21H25N3O3/c1-3-11-27-14-8-6-7-13(12-14)20-17-18(15-9-4-5-10-16(15)25)22-23-19(17)21(26)24(20)2/h4-10,12,17-20,22-23,25H,3,11H2,1-2H3. The van der Waals surface area contributed by atoms with E-state index in [1.807, 2.05) is 43.4 Å². The van der Waals surface area contributed by atoms with Crippen molar-refractivity contribution in [3.63, 3.8) is 0 Å². The van der Waals surface area contributed by atoms with Crippen LogP contribution in [0.25, 0.3) is 0 Å². The molecule has 0 radical (unpaired) electrons. The van der Waals surface area contributed by atoms with E-state index in [9.17, 15) is 9.90 Å².